The van der Waals surface area contributed by atoms with Crippen LogP contribution in [0.5, 0.6) is 0 Å². The summed E-state index contributed by atoms with van der Waals surface area (Å²) < 4.78 is 13.2. The molecule has 0 spiro atoms. The van der Waals surface area contributed by atoms with E-state index in [1.807, 2.05) is 0 Å². The Morgan fingerprint density at radius 1 is 1.08 bits per heavy atom. The van der Waals surface area contributed by atoms with Gasteiger partial charge in [-0.15, -0.1) is 10.2 Å². The van der Waals surface area contributed by atoms with Gasteiger partial charge >= 0.3 is 23.7 Å². The highest BCUT2D eigenvalue weighted by Crippen LogP contribution is 2.01. The summed E-state index contributed by atoms with van der Waals surface area (Å²) in [4.78, 5) is 21.5. The number of ether oxygens (including phenoxy) is 2. The quantitative estimate of drug-likeness (QED) is 0.582. The Morgan fingerprint density at radius 3 is 1.77 bits per heavy atom. The maximum Gasteiger partial charge on any atom is 0.396 e. The largest absolute Gasteiger partial charge is 0.462 e. The van der Waals surface area contributed by atoms with E-state index < -0.39 is 11.9 Å². The smallest absolute Gasteiger partial charge is 0.396 e. The number of esters is 2. The summed E-state index contributed by atoms with van der Waals surface area (Å²) in [5.41, 5.74) is 0. The van der Waals surface area contributed by atoms with Crippen LogP contribution in [0.25, 0.3) is 0 Å². The third-order valence-electron chi connectivity index (χ3n) is 1.15. The van der Waals surface area contributed by atoms with E-state index in [-0.39, 0.29) is 11.8 Å². The number of carbonyl (C=O) groups excluding carboxylic acids is 2. The molecular formula is C6H6N2O5. The van der Waals surface area contributed by atoms with Crippen LogP contribution in [0.1, 0.15) is 21.4 Å². The van der Waals surface area contributed by atoms with Crippen LogP contribution in [0.15, 0.2) is 4.42 Å². The maximum atomic E-state index is 10.8. The van der Waals surface area contributed by atoms with Gasteiger partial charge in [-0.1, -0.05) is 0 Å². The van der Waals surface area contributed by atoms with E-state index in [4.69, 9.17) is 0 Å². The SMILES string of the molecule is COC(=O)c1nnc(C(=O)OC)o1. The van der Waals surface area contributed by atoms with Crippen molar-refractivity contribution in [2.75, 3.05) is 14.2 Å². The summed E-state index contributed by atoms with van der Waals surface area (Å²) in [6.07, 6.45) is 0. The summed E-state index contributed by atoms with van der Waals surface area (Å²) in [7, 11) is 2.31. The van der Waals surface area contributed by atoms with E-state index in [0.717, 1.165) is 14.2 Å². The van der Waals surface area contributed by atoms with Gasteiger partial charge in [-0.25, -0.2) is 9.59 Å². The Hall–Kier alpha value is -1.92. The van der Waals surface area contributed by atoms with Crippen LogP contribution < -0.4 is 0 Å². The predicted octanol–water partition coefficient (Wildman–Crippen LogP) is -0.357. The van der Waals surface area contributed by atoms with Crippen LogP contribution in [0, 0.1) is 0 Å². The molecule has 1 aromatic heterocycles. The monoisotopic (exact) mass is 186 g/mol. The molecule has 0 saturated carbocycles. The van der Waals surface area contributed by atoms with Crippen LogP contribution in [0.4, 0.5) is 0 Å². The summed E-state index contributed by atoms with van der Waals surface area (Å²) in [5, 5.41) is 6.53. The molecule has 0 aliphatic carbocycles. The van der Waals surface area contributed by atoms with Gasteiger partial charge in [0.15, 0.2) is 0 Å². The minimum Gasteiger partial charge on any atom is -0.462 e. The second kappa shape index (κ2) is 3.65. The molecular weight excluding hydrogens is 180 g/mol. The standard InChI is InChI=1S/C6H6N2O5/c1-11-5(9)3-7-8-4(13-3)6(10)12-2/h1-2H3. The molecule has 0 aliphatic rings. The zero-order chi connectivity index (χ0) is 9.84. The fraction of sp³-hybridized carbons (Fsp3) is 0.333. The van der Waals surface area contributed by atoms with Crippen LogP contribution in [0.3, 0.4) is 0 Å². The lowest BCUT2D eigenvalue weighted by atomic mass is 10.7. The molecule has 0 fully saturated rings. The topological polar surface area (TPSA) is 91.5 Å². The molecule has 0 unspecified atom stereocenters. The lowest BCUT2D eigenvalue weighted by molar-refractivity contribution is 0.0523. The fourth-order valence-corrected chi connectivity index (χ4v) is 0.563. The van der Waals surface area contributed by atoms with E-state index >= 15 is 0 Å². The second-order valence-electron chi connectivity index (χ2n) is 1.90. The molecule has 0 saturated heterocycles. The maximum absolute atomic E-state index is 10.8. The number of methoxy groups -OCH3 is 2. The first-order valence-electron chi connectivity index (χ1n) is 3.19. The van der Waals surface area contributed by atoms with Crippen molar-refractivity contribution in [2.45, 2.75) is 0 Å². The van der Waals surface area contributed by atoms with E-state index in [1.54, 1.807) is 0 Å². The molecule has 0 bridgehead atoms. The Bertz CT molecular complexity index is 301. The molecule has 1 aromatic rings. The first-order valence-corrected chi connectivity index (χ1v) is 3.19. The van der Waals surface area contributed by atoms with Crippen molar-refractivity contribution in [2.24, 2.45) is 0 Å². The van der Waals surface area contributed by atoms with E-state index in [9.17, 15) is 9.59 Å². The van der Waals surface area contributed by atoms with Crippen molar-refractivity contribution < 1.29 is 23.5 Å². The van der Waals surface area contributed by atoms with Gasteiger partial charge in [0.25, 0.3) is 0 Å². The van der Waals surface area contributed by atoms with Crippen molar-refractivity contribution in [1.82, 2.24) is 10.2 Å². The lowest BCUT2D eigenvalue weighted by Crippen LogP contribution is -2.01. The van der Waals surface area contributed by atoms with Gasteiger partial charge in [0.2, 0.25) is 0 Å². The van der Waals surface area contributed by atoms with Crippen molar-refractivity contribution >= 4 is 11.9 Å². The number of aromatic nitrogens is 2. The summed E-state index contributed by atoms with van der Waals surface area (Å²) in [6, 6.07) is 0. The van der Waals surface area contributed by atoms with Gasteiger partial charge in [-0.2, -0.15) is 0 Å². The summed E-state index contributed by atoms with van der Waals surface area (Å²) in [5.74, 6) is -2.38. The number of nitrogens with zero attached hydrogens (tertiary/aromatic N) is 2. The van der Waals surface area contributed by atoms with Gasteiger partial charge in [0, 0.05) is 0 Å². The van der Waals surface area contributed by atoms with Gasteiger partial charge < -0.3 is 13.9 Å². The Balaban J connectivity index is 2.86. The van der Waals surface area contributed by atoms with E-state index in [0.29, 0.717) is 0 Å². The molecule has 1 rings (SSSR count). The zero-order valence-electron chi connectivity index (χ0n) is 6.94. The highest BCUT2D eigenvalue weighted by molar-refractivity contribution is 5.87. The van der Waals surface area contributed by atoms with E-state index in [2.05, 4.69) is 24.1 Å². The molecule has 0 amide bonds. The summed E-state index contributed by atoms with van der Waals surface area (Å²) >= 11 is 0. The zero-order valence-corrected chi connectivity index (χ0v) is 6.94. The Kier molecular flexibility index (Phi) is 2.58. The normalized spacial score (nSPS) is 9.38. The molecule has 0 aliphatic heterocycles. The van der Waals surface area contributed by atoms with Gasteiger partial charge in [0.05, 0.1) is 14.2 Å². The molecule has 7 heteroatoms. The van der Waals surface area contributed by atoms with Crippen LogP contribution in [-0.4, -0.2) is 36.4 Å². The van der Waals surface area contributed by atoms with Gasteiger partial charge in [-0.05, 0) is 0 Å². The molecule has 70 valence electrons. The average molecular weight is 186 g/mol. The van der Waals surface area contributed by atoms with Gasteiger partial charge in [-0.3, -0.25) is 0 Å². The number of hydrogen-bond donors (Lipinski definition) is 0. The summed E-state index contributed by atoms with van der Waals surface area (Å²) in [6.45, 7) is 0. The van der Waals surface area contributed by atoms with Crippen LogP contribution in [-0.2, 0) is 9.47 Å². The highest BCUT2D eigenvalue weighted by atomic mass is 16.6. The highest BCUT2D eigenvalue weighted by Gasteiger charge is 2.19. The minimum absolute atomic E-state index is 0.386. The number of hydrogen-bond acceptors (Lipinski definition) is 7. The Morgan fingerprint density at radius 2 is 1.46 bits per heavy atom. The molecule has 0 N–H and O–H groups in total. The van der Waals surface area contributed by atoms with Crippen molar-refractivity contribution in [1.29, 1.82) is 0 Å². The molecule has 13 heavy (non-hydrogen) atoms. The van der Waals surface area contributed by atoms with Crippen LogP contribution >= 0.6 is 0 Å². The third kappa shape index (κ3) is 1.81. The van der Waals surface area contributed by atoms with Crippen molar-refractivity contribution in [3.05, 3.63) is 11.8 Å². The van der Waals surface area contributed by atoms with Crippen LogP contribution in [0.2, 0.25) is 0 Å². The lowest BCUT2D eigenvalue weighted by Gasteiger charge is -1.90. The first-order chi connectivity index (χ1) is 6.19. The average Bonchev–Trinajstić information content (AvgIpc) is 2.64. The number of rotatable bonds is 2. The van der Waals surface area contributed by atoms with Gasteiger partial charge in [0.1, 0.15) is 0 Å². The first kappa shape index (κ1) is 9.17. The third-order valence-corrected chi connectivity index (χ3v) is 1.15. The Labute approximate surface area is 72.6 Å². The minimum atomic E-state index is -0.803. The predicted molar refractivity (Wildman–Crippen MR) is 37.0 cm³/mol. The fourth-order valence-electron chi connectivity index (χ4n) is 0.563. The molecule has 0 aromatic carbocycles. The van der Waals surface area contributed by atoms with Crippen molar-refractivity contribution in [3.63, 3.8) is 0 Å². The second-order valence-corrected chi connectivity index (χ2v) is 1.90. The number of carbonyl (C=O) groups is 2. The molecule has 0 radical (unpaired) electrons. The molecule has 1 heterocycles. The van der Waals surface area contributed by atoms with E-state index in [1.165, 1.54) is 0 Å². The van der Waals surface area contributed by atoms with Crippen molar-refractivity contribution in [3.8, 4) is 0 Å². The molecule has 0 atom stereocenters. The molecule has 7 nitrogen and oxygen atoms in total.